The van der Waals surface area contributed by atoms with Gasteiger partial charge >= 0.3 is 0 Å². The SMILES string of the molecule is CCOc1ccc(N2C(=O)C(=O)/C(=C(\O)c3c[nH]c4ccccc34)C2c2ccc(OC)c(OC)c2)cc1. The maximum Gasteiger partial charge on any atom is 0.300 e. The van der Waals surface area contributed by atoms with Crippen LogP contribution in [-0.2, 0) is 9.59 Å². The molecule has 8 heteroatoms. The highest BCUT2D eigenvalue weighted by Crippen LogP contribution is 2.45. The van der Waals surface area contributed by atoms with Gasteiger partial charge in [0.25, 0.3) is 11.7 Å². The van der Waals surface area contributed by atoms with Gasteiger partial charge in [-0.1, -0.05) is 24.3 Å². The Morgan fingerprint density at radius 3 is 2.41 bits per heavy atom. The first-order chi connectivity index (χ1) is 18.0. The van der Waals surface area contributed by atoms with Crippen molar-refractivity contribution in [3.8, 4) is 17.2 Å². The lowest BCUT2D eigenvalue weighted by Gasteiger charge is -2.26. The van der Waals surface area contributed by atoms with Crippen molar-refractivity contribution in [2.24, 2.45) is 0 Å². The molecule has 0 saturated carbocycles. The van der Waals surface area contributed by atoms with Crippen molar-refractivity contribution in [2.45, 2.75) is 13.0 Å². The van der Waals surface area contributed by atoms with Crippen molar-refractivity contribution in [1.82, 2.24) is 4.98 Å². The molecule has 1 atom stereocenters. The van der Waals surface area contributed by atoms with E-state index in [0.717, 1.165) is 10.9 Å². The van der Waals surface area contributed by atoms with Gasteiger partial charge in [0, 0.05) is 28.4 Å². The molecule has 188 valence electrons. The zero-order chi connectivity index (χ0) is 26.1. The van der Waals surface area contributed by atoms with Crippen molar-refractivity contribution in [1.29, 1.82) is 0 Å². The van der Waals surface area contributed by atoms with E-state index in [4.69, 9.17) is 14.2 Å². The van der Waals surface area contributed by atoms with Gasteiger partial charge in [0.05, 0.1) is 32.4 Å². The summed E-state index contributed by atoms with van der Waals surface area (Å²) in [5, 5.41) is 12.3. The Labute approximate surface area is 213 Å². The summed E-state index contributed by atoms with van der Waals surface area (Å²) in [6.45, 7) is 2.38. The number of nitrogens with one attached hydrogen (secondary N) is 1. The highest BCUT2D eigenvalue weighted by molar-refractivity contribution is 6.51. The van der Waals surface area contributed by atoms with Crippen LogP contribution in [0.1, 0.15) is 24.1 Å². The van der Waals surface area contributed by atoms with Gasteiger partial charge in [-0.15, -0.1) is 0 Å². The Morgan fingerprint density at radius 1 is 0.973 bits per heavy atom. The van der Waals surface area contributed by atoms with Gasteiger partial charge in [-0.3, -0.25) is 14.5 Å². The molecule has 1 aromatic heterocycles. The number of amides is 1. The molecule has 3 aromatic carbocycles. The fourth-order valence-electron chi connectivity index (χ4n) is 4.72. The van der Waals surface area contributed by atoms with Crippen LogP contribution in [0.3, 0.4) is 0 Å². The summed E-state index contributed by atoms with van der Waals surface area (Å²) in [7, 11) is 3.04. The van der Waals surface area contributed by atoms with E-state index in [1.165, 1.54) is 19.1 Å². The molecule has 1 unspecified atom stereocenters. The second-order valence-electron chi connectivity index (χ2n) is 8.46. The summed E-state index contributed by atoms with van der Waals surface area (Å²) in [6.07, 6.45) is 1.63. The predicted octanol–water partition coefficient (Wildman–Crippen LogP) is 5.21. The van der Waals surface area contributed by atoms with Gasteiger partial charge in [0.1, 0.15) is 11.5 Å². The molecule has 0 spiro atoms. The van der Waals surface area contributed by atoms with Crippen molar-refractivity contribution < 1.29 is 28.9 Å². The molecule has 1 aliphatic heterocycles. The number of fused-ring (bicyclic) bond motifs is 1. The number of ether oxygens (including phenoxy) is 3. The minimum atomic E-state index is -0.911. The molecular weight excluding hydrogens is 472 g/mol. The molecule has 2 heterocycles. The second-order valence-corrected chi connectivity index (χ2v) is 8.46. The largest absolute Gasteiger partial charge is 0.507 e. The lowest BCUT2D eigenvalue weighted by Crippen LogP contribution is -2.29. The van der Waals surface area contributed by atoms with Crippen LogP contribution >= 0.6 is 0 Å². The van der Waals surface area contributed by atoms with Crippen molar-refractivity contribution >= 4 is 34.0 Å². The lowest BCUT2D eigenvalue weighted by molar-refractivity contribution is -0.132. The molecule has 1 amide bonds. The van der Waals surface area contributed by atoms with E-state index < -0.39 is 17.7 Å². The van der Waals surface area contributed by atoms with Gasteiger partial charge in [-0.25, -0.2) is 0 Å². The first-order valence-corrected chi connectivity index (χ1v) is 11.8. The molecule has 0 aliphatic carbocycles. The predicted molar refractivity (Wildman–Crippen MR) is 140 cm³/mol. The first kappa shape index (κ1) is 24.0. The zero-order valence-corrected chi connectivity index (χ0v) is 20.6. The van der Waals surface area contributed by atoms with Gasteiger partial charge in [0.2, 0.25) is 0 Å². The quantitative estimate of drug-likeness (QED) is 0.206. The normalized spacial score (nSPS) is 16.8. The number of aromatic amines is 1. The van der Waals surface area contributed by atoms with Gasteiger partial charge in [-0.2, -0.15) is 0 Å². The van der Waals surface area contributed by atoms with Crippen LogP contribution in [0.5, 0.6) is 17.2 Å². The Bertz CT molecular complexity index is 1520. The number of rotatable bonds is 7. The number of nitrogens with zero attached hydrogens (tertiary/aromatic N) is 1. The molecule has 5 rings (SSSR count). The first-order valence-electron chi connectivity index (χ1n) is 11.8. The van der Waals surface area contributed by atoms with Crippen LogP contribution in [0.15, 0.2) is 78.5 Å². The number of aliphatic hydroxyl groups excluding tert-OH is 1. The number of carbonyl (C=O) groups excluding carboxylic acids is 2. The van der Waals surface area contributed by atoms with Crippen LogP contribution in [0, 0.1) is 0 Å². The number of anilines is 1. The second kappa shape index (κ2) is 9.73. The zero-order valence-electron chi connectivity index (χ0n) is 20.6. The minimum Gasteiger partial charge on any atom is -0.507 e. The summed E-state index contributed by atoms with van der Waals surface area (Å²) < 4.78 is 16.4. The molecule has 4 aromatic rings. The molecule has 0 radical (unpaired) electrons. The van der Waals surface area contributed by atoms with E-state index in [9.17, 15) is 14.7 Å². The number of para-hydroxylation sites is 1. The van der Waals surface area contributed by atoms with Crippen LogP contribution in [0.25, 0.3) is 16.7 Å². The van der Waals surface area contributed by atoms with E-state index in [-0.39, 0.29) is 11.3 Å². The van der Waals surface area contributed by atoms with E-state index in [2.05, 4.69) is 4.98 Å². The molecule has 1 saturated heterocycles. The van der Waals surface area contributed by atoms with E-state index >= 15 is 0 Å². The number of H-pyrrole nitrogens is 1. The number of carbonyl (C=O) groups is 2. The standard InChI is InChI=1S/C29H26N2O6/c1-4-37-19-12-10-18(11-13-19)31-26(17-9-14-23(35-2)24(15-17)36-3)25(28(33)29(31)34)27(32)21-16-30-22-8-6-5-7-20(21)22/h5-16,26,30,32H,4H2,1-3H3/b27-25-. The molecule has 1 aliphatic rings. The fraction of sp³-hybridized carbons (Fsp3) is 0.172. The van der Waals surface area contributed by atoms with Gasteiger partial charge < -0.3 is 24.3 Å². The maximum absolute atomic E-state index is 13.5. The number of aliphatic hydroxyl groups is 1. The highest BCUT2D eigenvalue weighted by Gasteiger charge is 2.47. The molecule has 37 heavy (non-hydrogen) atoms. The number of ketones is 1. The summed E-state index contributed by atoms with van der Waals surface area (Å²) in [6, 6.07) is 18.6. The van der Waals surface area contributed by atoms with Crippen LogP contribution < -0.4 is 19.1 Å². The smallest absolute Gasteiger partial charge is 0.300 e. The third-order valence-corrected chi connectivity index (χ3v) is 6.44. The summed E-state index contributed by atoms with van der Waals surface area (Å²) >= 11 is 0. The monoisotopic (exact) mass is 498 g/mol. The minimum absolute atomic E-state index is 0.0177. The fourth-order valence-corrected chi connectivity index (χ4v) is 4.72. The highest BCUT2D eigenvalue weighted by atomic mass is 16.5. The number of hydrogen-bond acceptors (Lipinski definition) is 6. The summed E-state index contributed by atoms with van der Waals surface area (Å²) in [4.78, 5) is 31.5. The Kier molecular flexibility index (Phi) is 6.31. The Morgan fingerprint density at radius 2 is 1.70 bits per heavy atom. The van der Waals surface area contributed by atoms with E-state index in [1.807, 2.05) is 31.2 Å². The number of aromatic nitrogens is 1. The lowest BCUT2D eigenvalue weighted by atomic mass is 9.94. The molecule has 1 fully saturated rings. The third kappa shape index (κ3) is 4.06. The Balaban J connectivity index is 1.73. The van der Waals surface area contributed by atoms with Crippen molar-refractivity contribution in [3.05, 3.63) is 89.6 Å². The van der Waals surface area contributed by atoms with Gasteiger partial charge in [0.15, 0.2) is 11.5 Å². The topological polar surface area (TPSA) is 101 Å². The summed E-state index contributed by atoms with van der Waals surface area (Å²) in [5.41, 5.74) is 2.28. The average Bonchev–Trinajstić information content (AvgIpc) is 3.47. The van der Waals surface area contributed by atoms with E-state index in [0.29, 0.717) is 40.7 Å². The maximum atomic E-state index is 13.5. The number of Topliss-reactive ketones (excluding diaryl/α,β-unsaturated/α-hetero) is 1. The van der Waals surface area contributed by atoms with Crippen LogP contribution in [0.2, 0.25) is 0 Å². The van der Waals surface area contributed by atoms with Gasteiger partial charge in [-0.05, 0) is 55.0 Å². The van der Waals surface area contributed by atoms with Crippen molar-refractivity contribution in [3.63, 3.8) is 0 Å². The Hall–Kier alpha value is -4.72. The molecule has 0 bridgehead atoms. The van der Waals surface area contributed by atoms with Crippen LogP contribution in [-0.4, -0.2) is 42.6 Å². The van der Waals surface area contributed by atoms with Crippen molar-refractivity contribution in [2.75, 3.05) is 25.7 Å². The van der Waals surface area contributed by atoms with E-state index in [1.54, 1.807) is 48.7 Å². The van der Waals surface area contributed by atoms with Crippen LogP contribution in [0.4, 0.5) is 5.69 Å². The molecule has 2 N–H and O–H groups in total. The number of methoxy groups -OCH3 is 2. The molecule has 8 nitrogen and oxygen atoms in total. The summed E-state index contributed by atoms with van der Waals surface area (Å²) in [5.74, 6) is -0.208. The third-order valence-electron chi connectivity index (χ3n) is 6.44. The average molecular weight is 499 g/mol. The number of benzene rings is 3. The molecular formula is C29H26N2O6. The number of hydrogen-bond donors (Lipinski definition) is 2.